The van der Waals surface area contributed by atoms with Crippen LogP contribution in [0.15, 0.2) is 60.2 Å². The van der Waals surface area contributed by atoms with E-state index in [1.54, 1.807) is 30.3 Å². The van der Waals surface area contributed by atoms with E-state index in [0.29, 0.717) is 17.3 Å². The number of amides is 2. The van der Waals surface area contributed by atoms with E-state index in [9.17, 15) is 9.59 Å². The Bertz CT molecular complexity index is 1310. The van der Waals surface area contributed by atoms with Crippen LogP contribution in [0.5, 0.6) is 0 Å². The molecule has 0 unspecified atom stereocenters. The first-order valence-electron chi connectivity index (χ1n) is 10.7. The van der Waals surface area contributed by atoms with Crippen LogP contribution in [0.4, 0.5) is 5.69 Å². The summed E-state index contributed by atoms with van der Waals surface area (Å²) < 4.78 is 2.14. The monoisotopic (exact) mass is 477 g/mol. The highest BCUT2D eigenvalue weighted by atomic mass is 35.5. The molecule has 3 aromatic rings. The molecule has 0 radical (unpaired) electrons. The molecule has 4 rings (SSSR count). The van der Waals surface area contributed by atoms with Gasteiger partial charge >= 0.3 is 0 Å². The Labute approximate surface area is 203 Å². The Hall–Kier alpha value is -3.22. The van der Waals surface area contributed by atoms with Crippen molar-refractivity contribution < 1.29 is 9.59 Å². The minimum Gasteiger partial charge on any atom is -0.318 e. The van der Waals surface area contributed by atoms with E-state index in [1.807, 2.05) is 39.0 Å². The lowest BCUT2D eigenvalue weighted by Gasteiger charge is -2.36. The van der Waals surface area contributed by atoms with Crippen LogP contribution in [-0.4, -0.2) is 32.9 Å². The van der Waals surface area contributed by atoms with E-state index >= 15 is 0 Å². The molecule has 1 fully saturated rings. The third-order valence-corrected chi connectivity index (χ3v) is 6.51. The van der Waals surface area contributed by atoms with Gasteiger partial charge in [0.1, 0.15) is 5.57 Å². The summed E-state index contributed by atoms with van der Waals surface area (Å²) in [6.07, 6.45) is 1.68. The van der Waals surface area contributed by atoms with Gasteiger partial charge in [0, 0.05) is 28.6 Å². The summed E-state index contributed by atoms with van der Waals surface area (Å²) in [4.78, 5) is 29.6. The number of likely N-dealkylation sites (N-methyl/N-ethyl adjacent to an activating group) is 1. The summed E-state index contributed by atoms with van der Waals surface area (Å²) in [7, 11) is 0. The van der Waals surface area contributed by atoms with Crippen molar-refractivity contribution in [3.63, 3.8) is 0 Å². The molecule has 7 heteroatoms. The van der Waals surface area contributed by atoms with Crippen molar-refractivity contribution in [1.82, 2.24) is 9.47 Å². The molecule has 0 atom stereocenters. The fourth-order valence-corrected chi connectivity index (χ4v) is 4.67. The standard InChI is InChI=1S/C26H24ClN3O2S/c1-5-28-24(31)22(25(32)30(26(28)33)21-12-10-20(27)11-13-21)15-19-14-17(3)29(18(19)4)23-9-7-6-8-16(23)2/h6-15H,5H2,1-4H3/b22-15+. The highest BCUT2D eigenvalue weighted by Gasteiger charge is 2.39. The molecule has 1 aliphatic rings. The molecule has 2 amide bonds. The van der Waals surface area contributed by atoms with E-state index in [1.165, 1.54) is 9.80 Å². The van der Waals surface area contributed by atoms with Crippen LogP contribution < -0.4 is 4.90 Å². The third-order valence-electron chi connectivity index (χ3n) is 5.86. The van der Waals surface area contributed by atoms with E-state index in [0.717, 1.165) is 28.2 Å². The number of nitrogens with zero attached hydrogens (tertiary/aromatic N) is 3. The van der Waals surface area contributed by atoms with Gasteiger partial charge in [-0.15, -0.1) is 0 Å². The van der Waals surface area contributed by atoms with Crippen LogP contribution in [0.25, 0.3) is 11.8 Å². The molecule has 0 N–H and O–H groups in total. The molecule has 5 nitrogen and oxygen atoms in total. The number of thiocarbonyl (C=S) groups is 1. The second kappa shape index (κ2) is 8.96. The largest absolute Gasteiger partial charge is 0.318 e. The fourth-order valence-electron chi connectivity index (χ4n) is 4.15. The first kappa shape index (κ1) is 23.0. The van der Waals surface area contributed by atoms with Crippen molar-refractivity contribution in [2.24, 2.45) is 0 Å². The predicted octanol–water partition coefficient (Wildman–Crippen LogP) is 5.62. The van der Waals surface area contributed by atoms with E-state index in [4.69, 9.17) is 23.8 Å². The number of halogens is 1. The Morgan fingerprint density at radius 1 is 0.970 bits per heavy atom. The van der Waals surface area contributed by atoms with Gasteiger partial charge in [0.25, 0.3) is 11.8 Å². The van der Waals surface area contributed by atoms with Crippen molar-refractivity contribution in [3.05, 3.63) is 87.7 Å². The zero-order valence-electron chi connectivity index (χ0n) is 18.9. The van der Waals surface area contributed by atoms with Crippen LogP contribution in [0.2, 0.25) is 5.02 Å². The summed E-state index contributed by atoms with van der Waals surface area (Å²) in [5, 5.41) is 0.717. The zero-order valence-corrected chi connectivity index (χ0v) is 20.5. The maximum atomic E-state index is 13.5. The number of hydrogen-bond donors (Lipinski definition) is 0. The summed E-state index contributed by atoms with van der Waals surface area (Å²) >= 11 is 11.5. The molecular formula is C26H24ClN3O2S. The number of carbonyl (C=O) groups excluding carboxylic acids is 2. The molecule has 1 aromatic heterocycles. The summed E-state index contributed by atoms with van der Waals surface area (Å²) in [5.41, 5.74) is 5.62. The van der Waals surface area contributed by atoms with Crippen LogP contribution >= 0.6 is 23.8 Å². The molecule has 0 aliphatic carbocycles. The average molecular weight is 478 g/mol. The number of para-hydroxylation sites is 1. The fraction of sp³-hybridized carbons (Fsp3) is 0.192. The average Bonchev–Trinajstić information content (AvgIpc) is 3.06. The molecule has 0 spiro atoms. The lowest BCUT2D eigenvalue weighted by Crippen LogP contribution is -2.56. The van der Waals surface area contributed by atoms with Crippen molar-refractivity contribution in [2.45, 2.75) is 27.7 Å². The van der Waals surface area contributed by atoms with Crippen LogP contribution in [0, 0.1) is 20.8 Å². The molecule has 2 heterocycles. The Morgan fingerprint density at radius 3 is 2.27 bits per heavy atom. The number of anilines is 1. The highest BCUT2D eigenvalue weighted by molar-refractivity contribution is 7.80. The first-order valence-corrected chi connectivity index (χ1v) is 11.5. The summed E-state index contributed by atoms with van der Waals surface area (Å²) in [6.45, 7) is 8.25. The van der Waals surface area contributed by atoms with Gasteiger partial charge in [-0.1, -0.05) is 29.8 Å². The Kier molecular flexibility index (Phi) is 6.23. The van der Waals surface area contributed by atoms with E-state index in [-0.39, 0.29) is 10.7 Å². The summed E-state index contributed by atoms with van der Waals surface area (Å²) in [5.74, 6) is -0.837. The minimum absolute atomic E-state index is 0.0745. The number of hydrogen-bond acceptors (Lipinski definition) is 3. The van der Waals surface area contributed by atoms with Crippen molar-refractivity contribution >= 4 is 52.5 Å². The molecule has 1 aliphatic heterocycles. The van der Waals surface area contributed by atoms with Gasteiger partial charge in [-0.3, -0.25) is 19.4 Å². The molecular weight excluding hydrogens is 454 g/mol. The minimum atomic E-state index is -0.447. The van der Waals surface area contributed by atoms with Gasteiger partial charge in [0.15, 0.2) is 5.11 Å². The van der Waals surface area contributed by atoms with Gasteiger partial charge in [-0.2, -0.15) is 0 Å². The van der Waals surface area contributed by atoms with Crippen molar-refractivity contribution in [3.8, 4) is 5.69 Å². The number of benzene rings is 2. The second-order valence-electron chi connectivity index (χ2n) is 7.96. The van der Waals surface area contributed by atoms with E-state index in [2.05, 4.69) is 23.6 Å². The smallest absolute Gasteiger partial charge is 0.270 e. The van der Waals surface area contributed by atoms with Gasteiger partial charge in [-0.25, -0.2) is 0 Å². The molecule has 168 valence electrons. The predicted molar refractivity (Wildman–Crippen MR) is 137 cm³/mol. The SMILES string of the molecule is CCN1C(=O)/C(=C\c2cc(C)n(-c3ccccc3C)c2C)C(=O)N(c2ccc(Cl)cc2)C1=S. The maximum Gasteiger partial charge on any atom is 0.270 e. The number of aryl methyl sites for hydroxylation is 2. The molecule has 2 aromatic carbocycles. The van der Waals surface area contributed by atoms with Gasteiger partial charge in [0.05, 0.1) is 5.69 Å². The first-order chi connectivity index (χ1) is 15.7. The van der Waals surface area contributed by atoms with Gasteiger partial charge < -0.3 is 4.57 Å². The van der Waals surface area contributed by atoms with Crippen molar-refractivity contribution in [2.75, 3.05) is 11.4 Å². The maximum absolute atomic E-state index is 13.5. The highest BCUT2D eigenvalue weighted by Crippen LogP contribution is 2.29. The number of carbonyl (C=O) groups is 2. The van der Waals surface area contributed by atoms with E-state index < -0.39 is 11.8 Å². The van der Waals surface area contributed by atoms with Crippen LogP contribution in [-0.2, 0) is 9.59 Å². The van der Waals surface area contributed by atoms with Gasteiger partial charge in [-0.05, 0) is 93.5 Å². The van der Waals surface area contributed by atoms with Crippen LogP contribution in [0.1, 0.15) is 29.4 Å². The van der Waals surface area contributed by atoms with Crippen LogP contribution in [0.3, 0.4) is 0 Å². The third kappa shape index (κ3) is 4.01. The topological polar surface area (TPSA) is 45.6 Å². The Morgan fingerprint density at radius 2 is 1.64 bits per heavy atom. The molecule has 1 saturated heterocycles. The zero-order chi connectivity index (χ0) is 23.9. The normalized spacial score (nSPS) is 15.7. The lowest BCUT2D eigenvalue weighted by atomic mass is 10.1. The second-order valence-corrected chi connectivity index (χ2v) is 8.76. The summed E-state index contributed by atoms with van der Waals surface area (Å²) in [6, 6.07) is 16.9. The molecule has 0 bridgehead atoms. The molecule has 0 saturated carbocycles. The van der Waals surface area contributed by atoms with Gasteiger partial charge in [0.2, 0.25) is 0 Å². The number of aromatic nitrogens is 1. The molecule has 33 heavy (non-hydrogen) atoms. The Balaban J connectivity index is 1.83. The number of rotatable bonds is 4. The lowest BCUT2D eigenvalue weighted by molar-refractivity contribution is -0.127. The van der Waals surface area contributed by atoms with Crippen molar-refractivity contribution in [1.29, 1.82) is 0 Å². The quantitative estimate of drug-likeness (QED) is 0.278.